The van der Waals surface area contributed by atoms with Crippen LogP contribution in [0.15, 0.2) is 42.5 Å². The van der Waals surface area contributed by atoms with Crippen molar-refractivity contribution in [2.75, 3.05) is 13.2 Å². The minimum Gasteiger partial charge on any atom is -0.490 e. The van der Waals surface area contributed by atoms with Gasteiger partial charge in [0.25, 0.3) is 0 Å². The van der Waals surface area contributed by atoms with Gasteiger partial charge in [-0.3, -0.25) is 0 Å². The van der Waals surface area contributed by atoms with Gasteiger partial charge in [-0.2, -0.15) is 0 Å². The van der Waals surface area contributed by atoms with E-state index in [2.05, 4.69) is 45.9 Å². The fourth-order valence-corrected chi connectivity index (χ4v) is 2.49. The lowest BCUT2D eigenvalue weighted by Gasteiger charge is -2.23. The summed E-state index contributed by atoms with van der Waals surface area (Å²) in [5, 5.41) is 0. The summed E-state index contributed by atoms with van der Waals surface area (Å²) in [6.07, 6.45) is 0. The molecule has 0 heterocycles. The molecule has 0 aliphatic carbocycles. The Morgan fingerprint density at radius 2 is 1.57 bits per heavy atom. The van der Waals surface area contributed by atoms with E-state index in [1.165, 1.54) is 11.1 Å². The van der Waals surface area contributed by atoms with Crippen LogP contribution in [0.25, 0.3) is 0 Å². The standard InChI is InChI=1S/C20H27NO2/c1-15-9-10-17(20(2,3)4)19(13-15)23-12-11-22-18-8-6-5-7-16(18)14-21/h5-10,13H,11-12,14,21H2,1-4H3. The Morgan fingerprint density at radius 1 is 0.913 bits per heavy atom. The van der Waals surface area contributed by atoms with Gasteiger partial charge in [-0.05, 0) is 35.6 Å². The van der Waals surface area contributed by atoms with Crippen molar-refractivity contribution in [3.05, 3.63) is 59.2 Å². The Morgan fingerprint density at radius 3 is 2.22 bits per heavy atom. The summed E-state index contributed by atoms with van der Waals surface area (Å²) in [7, 11) is 0. The van der Waals surface area contributed by atoms with Crippen molar-refractivity contribution in [1.29, 1.82) is 0 Å². The average molecular weight is 313 g/mol. The first-order valence-electron chi connectivity index (χ1n) is 8.06. The maximum absolute atomic E-state index is 5.98. The monoisotopic (exact) mass is 313 g/mol. The largest absolute Gasteiger partial charge is 0.490 e. The molecule has 0 spiro atoms. The maximum atomic E-state index is 5.98. The van der Waals surface area contributed by atoms with E-state index in [0.717, 1.165) is 17.1 Å². The zero-order valence-corrected chi connectivity index (χ0v) is 14.6. The van der Waals surface area contributed by atoms with Crippen molar-refractivity contribution in [2.24, 2.45) is 5.73 Å². The van der Waals surface area contributed by atoms with Gasteiger partial charge in [0.2, 0.25) is 0 Å². The summed E-state index contributed by atoms with van der Waals surface area (Å²) < 4.78 is 11.8. The van der Waals surface area contributed by atoms with Gasteiger partial charge in [-0.1, -0.05) is 51.1 Å². The summed E-state index contributed by atoms with van der Waals surface area (Å²) in [6, 6.07) is 14.2. The highest BCUT2D eigenvalue weighted by atomic mass is 16.5. The van der Waals surface area contributed by atoms with E-state index in [-0.39, 0.29) is 5.41 Å². The smallest absolute Gasteiger partial charge is 0.123 e. The molecule has 0 unspecified atom stereocenters. The van der Waals surface area contributed by atoms with Crippen LogP contribution in [0.3, 0.4) is 0 Å². The van der Waals surface area contributed by atoms with Crippen LogP contribution < -0.4 is 15.2 Å². The molecule has 2 aromatic rings. The third-order valence-corrected chi connectivity index (χ3v) is 3.74. The summed E-state index contributed by atoms with van der Waals surface area (Å²) in [5.74, 6) is 1.77. The highest BCUT2D eigenvalue weighted by molar-refractivity contribution is 5.41. The fourth-order valence-electron chi connectivity index (χ4n) is 2.49. The highest BCUT2D eigenvalue weighted by Crippen LogP contribution is 2.32. The Kier molecular flexibility index (Phi) is 5.67. The molecule has 0 aromatic heterocycles. The Bertz CT molecular complexity index is 644. The van der Waals surface area contributed by atoms with Crippen LogP contribution in [-0.2, 0) is 12.0 Å². The number of hydrogen-bond acceptors (Lipinski definition) is 3. The van der Waals surface area contributed by atoms with Crippen LogP contribution in [0.4, 0.5) is 0 Å². The minimum atomic E-state index is 0.0516. The first-order chi connectivity index (χ1) is 10.9. The number of rotatable bonds is 6. The highest BCUT2D eigenvalue weighted by Gasteiger charge is 2.18. The molecule has 0 bridgehead atoms. The molecule has 3 nitrogen and oxygen atoms in total. The van der Waals surface area contributed by atoms with E-state index in [1.54, 1.807) is 0 Å². The second-order valence-electron chi connectivity index (χ2n) is 6.76. The number of ether oxygens (including phenoxy) is 2. The van der Waals surface area contributed by atoms with Gasteiger partial charge in [0.15, 0.2) is 0 Å². The lowest BCUT2D eigenvalue weighted by molar-refractivity contribution is 0.213. The van der Waals surface area contributed by atoms with Crippen molar-refractivity contribution < 1.29 is 9.47 Å². The fraction of sp³-hybridized carbons (Fsp3) is 0.400. The van der Waals surface area contributed by atoms with E-state index >= 15 is 0 Å². The zero-order chi connectivity index (χ0) is 16.9. The van der Waals surface area contributed by atoms with Crippen LogP contribution in [0.2, 0.25) is 0 Å². The SMILES string of the molecule is Cc1ccc(C(C)(C)C)c(OCCOc2ccccc2CN)c1. The predicted molar refractivity (Wildman–Crippen MR) is 95.2 cm³/mol. The molecule has 0 fully saturated rings. The Balaban J connectivity index is 1.98. The van der Waals surface area contributed by atoms with E-state index in [4.69, 9.17) is 15.2 Å². The second-order valence-corrected chi connectivity index (χ2v) is 6.76. The van der Waals surface area contributed by atoms with E-state index in [9.17, 15) is 0 Å². The molecule has 0 aliphatic heterocycles. The minimum absolute atomic E-state index is 0.0516. The quantitative estimate of drug-likeness (QED) is 0.813. The van der Waals surface area contributed by atoms with Crippen molar-refractivity contribution in [3.63, 3.8) is 0 Å². The van der Waals surface area contributed by atoms with E-state index < -0.39 is 0 Å². The van der Waals surface area contributed by atoms with Gasteiger partial charge in [-0.15, -0.1) is 0 Å². The normalized spacial score (nSPS) is 11.3. The van der Waals surface area contributed by atoms with Crippen molar-refractivity contribution in [2.45, 2.75) is 39.7 Å². The van der Waals surface area contributed by atoms with E-state index in [1.807, 2.05) is 24.3 Å². The molecule has 124 valence electrons. The molecule has 23 heavy (non-hydrogen) atoms. The average Bonchev–Trinajstić information content (AvgIpc) is 2.50. The lowest BCUT2D eigenvalue weighted by atomic mass is 9.86. The third kappa shape index (κ3) is 4.73. The molecule has 3 heteroatoms. The summed E-state index contributed by atoms with van der Waals surface area (Å²) in [6.45, 7) is 10.1. The van der Waals surface area contributed by atoms with Crippen LogP contribution >= 0.6 is 0 Å². The predicted octanol–water partition coefficient (Wildman–Crippen LogP) is 4.21. The first-order valence-corrected chi connectivity index (χ1v) is 8.06. The molecule has 2 N–H and O–H groups in total. The van der Waals surface area contributed by atoms with E-state index in [0.29, 0.717) is 19.8 Å². The van der Waals surface area contributed by atoms with Crippen molar-refractivity contribution >= 4 is 0 Å². The van der Waals surface area contributed by atoms with Gasteiger partial charge < -0.3 is 15.2 Å². The van der Waals surface area contributed by atoms with Crippen LogP contribution in [-0.4, -0.2) is 13.2 Å². The summed E-state index contributed by atoms with van der Waals surface area (Å²) >= 11 is 0. The third-order valence-electron chi connectivity index (χ3n) is 3.74. The molecular formula is C20H27NO2. The van der Waals surface area contributed by atoms with Crippen LogP contribution in [0.5, 0.6) is 11.5 Å². The van der Waals surface area contributed by atoms with Gasteiger partial charge in [0, 0.05) is 12.1 Å². The summed E-state index contributed by atoms with van der Waals surface area (Å²) in [5.41, 5.74) is 9.19. The van der Waals surface area contributed by atoms with Crippen molar-refractivity contribution in [1.82, 2.24) is 0 Å². The van der Waals surface area contributed by atoms with Crippen LogP contribution in [0, 0.1) is 6.92 Å². The molecular weight excluding hydrogens is 286 g/mol. The van der Waals surface area contributed by atoms with Gasteiger partial charge in [0.05, 0.1) is 0 Å². The molecule has 2 rings (SSSR count). The molecule has 0 saturated heterocycles. The van der Waals surface area contributed by atoms with Gasteiger partial charge in [0.1, 0.15) is 24.7 Å². The molecule has 2 aromatic carbocycles. The first kappa shape index (κ1) is 17.4. The maximum Gasteiger partial charge on any atom is 0.123 e. The Hall–Kier alpha value is -2.00. The lowest BCUT2D eigenvalue weighted by Crippen LogP contribution is -2.16. The summed E-state index contributed by atoms with van der Waals surface area (Å²) in [4.78, 5) is 0. The number of hydrogen-bond donors (Lipinski definition) is 1. The van der Waals surface area contributed by atoms with Crippen molar-refractivity contribution in [3.8, 4) is 11.5 Å². The molecule has 0 aliphatic rings. The topological polar surface area (TPSA) is 44.5 Å². The van der Waals surface area contributed by atoms with Crippen LogP contribution in [0.1, 0.15) is 37.5 Å². The Labute approximate surface area is 139 Å². The number of aryl methyl sites for hydroxylation is 1. The molecule has 0 amide bonds. The van der Waals surface area contributed by atoms with Gasteiger partial charge in [-0.25, -0.2) is 0 Å². The number of nitrogens with two attached hydrogens (primary N) is 1. The molecule has 0 radical (unpaired) electrons. The molecule has 0 atom stereocenters. The van der Waals surface area contributed by atoms with Gasteiger partial charge >= 0.3 is 0 Å². The zero-order valence-electron chi connectivity index (χ0n) is 14.6. The number of benzene rings is 2. The number of para-hydroxylation sites is 1. The second kappa shape index (κ2) is 7.51. The molecule has 0 saturated carbocycles.